The van der Waals surface area contributed by atoms with Gasteiger partial charge in [-0.3, -0.25) is 10.0 Å². The summed E-state index contributed by atoms with van der Waals surface area (Å²) in [7, 11) is 1.26. The highest BCUT2D eigenvalue weighted by Crippen LogP contribution is 2.02. The van der Waals surface area contributed by atoms with Crippen molar-refractivity contribution in [1.82, 2.24) is 10.0 Å². The molecule has 0 aromatic carbocycles. The normalized spacial score (nSPS) is 11.1. The Bertz CT molecular complexity index is 267. The Morgan fingerprint density at radius 1 is 1.47 bits per heavy atom. The van der Waals surface area contributed by atoms with Crippen molar-refractivity contribution in [3.8, 4) is 0 Å². The zero-order chi connectivity index (χ0) is 11.8. The van der Waals surface area contributed by atoms with Crippen LogP contribution in [0.15, 0.2) is 4.99 Å². The third kappa shape index (κ3) is 7.62. The number of carbonyl (C=O) groups excluding carboxylic acids is 2. The number of nitrogens with zero attached hydrogens (tertiary/aromatic N) is 1. The van der Waals surface area contributed by atoms with E-state index in [9.17, 15) is 9.59 Å². The zero-order valence-corrected chi connectivity index (χ0v) is 9.55. The average molecular weight is 234 g/mol. The number of hydrogen-bond donors (Lipinski definition) is 3. The van der Waals surface area contributed by atoms with Crippen LogP contribution in [0.2, 0.25) is 0 Å². The van der Waals surface area contributed by atoms with E-state index in [1.54, 1.807) is 0 Å². The molecule has 0 unspecified atom stereocenters. The molecule has 0 radical (unpaired) electrons. The molecule has 0 saturated carbocycles. The number of amides is 4. The van der Waals surface area contributed by atoms with E-state index < -0.39 is 12.1 Å². The third-order valence-electron chi connectivity index (χ3n) is 1.01. The summed E-state index contributed by atoms with van der Waals surface area (Å²) >= 11 is 1.22. The van der Waals surface area contributed by atoms with Crippen molar-refractivity contribution in [1.29, 1.82) is 0 Å². The highest BCUT2D eigenvalue weighted by atomic mass is 32.2. The van der Waals surface area contributed by atoms with Crippen LogP contribution in [0.3, 0.4) is 0 Å². The number of ether oxygens (including phenoxy) is 1. The Morgan fingerprint density at radius 3 is 2.47 bits per heavy atom. The van der Waals surface area contributed by atoms with Crippen LogP contribution in [-0.4, -0.2) is 30.4 Å². The van der Waals surface area contributed by atoms with Crippen molar-refractivity contribution in [2.75, 3.05) is 7.11 Å². The summed E-state index contributed by atoms with van der Waals surface area (Å²) in [5.74, 6) is 0. The van der Waals surface area contributed by atoms with Gasteiger partial charge in [0.25, 0.3) is 0 Å². The second-order valence-corrected chi connectivity index (χ2v) is 4.06. The van der Waals surface area contributed by atoms with Gasteiger partial charge in [0.05, 0.1) is 7.11 Å². The van der Waals surface area contributed by atoms with E-state index in [0.29, 0.717) is 0 Å². The first-order valence-corrected chi connectivity index (χ1v) is 4.98. The van der Waals surface area contributed by atoms with Gasteiger partial charge in [0.2, 0.25) is 0 Å². The molecule has 0 aliphatic heterocycles. The molecule has 7 nitrogen and oxygen atoms in total. The number of urea groups is 2. The van der Waals surface area contributed by atoms with E-state index in [2.05, 4.69) is 19.8 Å². The Morgan fingerprint density at radius 2 is 2.07 bits per heavy atom. The number of nitrogens with one attached hydrogen (secondary N) is 2. The second-order valence-electron chi connectivity index (χ2n) is 2.68. The van der Waals surface area contributed by atoms with E-state index in [0.717, 1.165) is 0 Å². The van der Waals surface area contributed by atoms with Crippen LogP contribution in [0.25, 0.3) is 0 Å². The molecule has 86 valence electrons. The van der Waals surface area contributed by atoms with Crippen LogP contribution in [-0.2, 0) is 4.74 Å². The minimum absolute atomic E-state index is 0.245. The first-order valence-electron chi connectivity index (χ1n) is 4.10. The molecule has 0 bridgehead atoms. The van der Waals surface area contributed by atoms with Gasteiger partial charge in [0.1, 0.15) is 0 Å². The van der Waals surface area contributed by atoms with Gasteiger partial charge in [0.15, 0.2) is 0 Å². The van der Waals surface area contributed by atoms with Gasteiger partial charge in [-0.2, -0.15) is 0 Å². The van der Waals surface area contributed by atoms with Gasteiger partial charge in [-0.05, 0) is 11.9 Å². The first kappa shape index (κ1) is 13.6. The van der Waals surface area contributed by atoms with Crippen molar-refractivity contribution < 1.29 is 14.3 Å². The van der Waals surface area contributed by atoms with Crippen LogP contribution in [0.1, 0.15) is 13.8 Å². The van der Waals surface area contributed by atoms with Gasteiger partial charge in [-0.15, -0.1) is 4.99 Å². The molecule has 8 heteroatoms. The molecule has 0 spiro atoms. The fourth-order valence-corrected chi connectivity index (χ4v) is 0.912. The lowest BCUT2D eigenvalue weighted by Crippen LogP contribution is -2.38. The fourth-order valence-electron chi connectivity index (χ4n) is 0.519. The summed E-state index contributed by atoms with van der Waals surface area (Å²) in [5, 5.41) is 2.45. The minimum atomic E-state index is -0.941. The molecular weight excluding hydrogens is 220 g/mol. The molecule has 15 heavy (non-hydrogen) atoms. The highest BCUT2D eigenvalue weighted by molar-refractivity contribution is 7.98. The maximum atomic E-state index is 11.1. The van der Waals surface area contributed by atoms with E-state index in [-0.39, 0.29) is 11.3 Å². The Kier molecular flexibility index (Phi) is 6.27. The standard InChI is InChI=1S/C7H14N4O3S/c1-4(2)15-11-6(13)10-7(14-3)9-5(8)12/h4H,1-3H3,(H4,8,9,10,11,12,13). The number of aliphatic imine (C=N–C) groups is 1. The summed E-state index contributed by atoms with van der Waals surface area (Å²) in [4.78, 5) is 24.8. The van der Waals surface area contributed by atoms with Crippen molar-refractivity contribution >= 4 is 30.0 Å². The third-order valence-corrected chi connectivity index (χ3v) is 1.79. The Balaban J connectivity index is 4.08. The summed E-state index contributed by atoms with van der Waals surface area (Å²) < 4.78 is 7.08. The molecule has 0 aliphatic carbocycles. The molecule has 0 aliphatic rings. The molecule has 0 aromatic rings. The van der Waals surface area contributed by atoms with Crippen molar-refractivity contribution in [3.05, 3.63) is 0 Å². The maximum absolute atomic E-state index is 11.1. The van der Waals surface area contributed by atoms with E-state index in [4.69, 9.17) is 5.73 Å². The Labute approximate surface area is 92.0 Å². The van der Waals surface area contributed by atoms with Crippen molar-refractivity contribution in [3.63, 3.8) is 0 Å². The number of rotatable bonds is 2. The molecule has 0 atom stereocenters. The van der Waals surface area contributed by atoms with Crippen LogP contribution >= 0.6 is 11.9 Å². The summed E-state index contributed by atoms with van der Waals surface area (Å²) in [6.07, 6.45) is 0. The number of amidine groups is 1. The quantitative estimate of drug-likeness (QED) is 0.366. The molecule has 4 amide bonds. The van der Waals surface area contributed by atoms with Crippen LogP contribution < -0.4 is 15.8 Å². The number of methoxy groups -OCH3 is 1. The van der Waals surface area contributed by atoms with Crippen LogP contribution in [0.4, 0.5) is 9.59 Å². The number of hydrogen-bond acceptors (Lipinski definition) is 4. The lowest BCUT2D eigenvalue weighted by atomic mass is 10.6. The lowest BCUT2D eigenvalue weighted by molar-refractivity contribution is 0.247. The monoisotopic (exact) mass is 234 g/mol. The van der Waals surface area contributed by atoms with Crippen LogP contribution in [0, 0.1) is 0 Å². The molecule has 0 heterocycles. The molecule has 0 saturated heterocycles. The van der Waals surface area contributed by atoms with Crippen molar-refractivity contribution in [2.24, 2.45) is 10.7 Å². The topological polar surface area (TPSA) is 106 Å². The lowest BCUT2D eigenvalue weighted by Gasteiger charge is -2.08. The zero-order valence-electron chi connectivity index (χ0n) is 8.73. The predicted molar refractivity (Wildman–Crippen MR) is 58.4 cm³/mol. The van der Waals surface area contributed by atoms with Crippen LogP contribution in [0.5, 0.6) is 0 Å². The maximum Gasteiger partial charge on any atom is 0.342 e. The fraction of sp³-hybridized carbons (Fsp3) is 0.571. The SMILES string of the molecule is COC(=NC(N)=O)NC(=O)NSC(C)C. The van der Waals surface area contributed by atoms with Gasteiger partial charge in [0, 0.05) is 5.25 Å². The van der Waals surface area contributed by atoms with E-state index in [1.807, 2.05) is 13.8 Å². The van der Waals surface area contributed by atoms with Gasteiger partial charge in [-0.25, -0.2) is 9.59 Å². The minimum Gasteiger partial charge on any atom is -0.468 e. The van der Waals surface area contributed by atoms with Crippen molar-refractivity contribution in [2.45, 2.75) is 19.1 Å². The number of nitrogens with two attached hydrogens (primary N) is 1. The largest absolute Gasteiger partial charge is 0.468 e. The molecule has 0 rings (SSSR count). The van der Waals surface area contributed by atoms with E-state index >= 15 is 0 Å². The van der Waals surface area contributed by atoms with Gasteiger partial charge in [-0.1, -0.05) is 13.8 Å². The molecule has 0 aromatic heterocycles. The summed E-state index contributed by atoms with van der Waals surface area (Å²) in [5.41, 5.74) is 4.78. The van der Waals surface area contributed by atoms with Gasteiger partial charge >= 0.3 is 18.1 Å². The first-order chi connectivity index (χ1) is 6.95. The average Bonchev–Trinajstić information content (AvgIpc) is 2.13. The molecular formula is C7H14N4O3S. The second kappa shape index (κ2) is 6.93. The number of primary amides is 1. The smallest absolute Gasteiger partial charge is 0.342 e. The van der Waals surface area contributed by atoms with E-state index in [1.165, 1.54) is 19.1 Å². The predicted octanol–water partition coefficient (Wildman–Crippen LogP) is 0.423. The Hall–Kier alpha value is -1.44. The molecule has 0 fully saturated rings. The molecule has 4 N–H and O–H groups in total. The van der Waals surface area contributed by atoms with Gasteiger partial charge < -0.3 is 10.5 Å². The summed E-state index contributed by atoms with van der Waals surface area (Å²) in [6.45, 7) is 3.83. The summed E-state index contributed by atoms with van der Waals surface area (Å²) in [6, 6.07) is -1.72. The number of carbonyl (C=O) groups is 2. The highest BCUT2D eigenvalue weighted by Gasteiger charge is 2.07.